The van der Waals surface area contributed by atoms with E-state index in [4.69, 9.17) is 16.3 Å². The van der Waals surface area contributed by atoms with Gasteiger partial charge in [-0.3, -0.25) is 0 Å². The van der Waals surface area contributed by atoms with Gasteiger partial charge in [-0.2, -0.15) is 8.75 Å². The Bertz CT molecular complexity index is 287. The topological polar surface area (TPSA) is 38.2 Å². The van der Waals surface area contributed by atoms with Crippen molar-refractivity contribution < 1.29 is 4.74 Å². The third-order valence-corrected chi connectivity index (χ3v) is 3.09. The van der Waals surface area contributed by atoms with Crippen LogP contribution in [0.15, 0.2) is 0 Å². The van der Waals surface area contributed by atoms with Crippen LogP contribution >= 0.6 is 23.3 Å². The van der Waals surface area contributed by atoms with Crippen LogP contribution in [0, 0.1) is 0 Å². The lowest BCUT2D eigenvalue weighted by atomic mass is 10.2. The van der Waals surface area contributed by atoms with Gasteiger partial charge in [-0.1, -0.05) is 11.6 Å². The maximum Gasteiger partial charge on any atom is 0.187 e. The second kappa shape index (κ2) is 3.77. The molecule has 4 nitrogen and oxygen atoms in total. The molecular formula is C7H10ClN3OS. The normalized spacial score (nSPS) is 22.2. The first-order valence-corrected chi connectivity index (χ1v) is 5.18. The smallest absolute Gasteiger partial charge is 0.187 e. The summed E-state index contributed by atoms with van der Waals surface area (Å²) >= 11 is 7.01. The molecule has 0 bridgehead atoms. The Morgan fingerprint density at radius 2 is 2.46 bits per heavy atom. The van der Waals surface area contributed by atoms with Crippen molar-refractivity contribution in [2.45, 2.75) is 12.5 Å². The van der Waals surface area contributed by atoms with Gasteiger partial charge in [-0.15, -0.1) is 0 Å². The van der Waals surface area contributed by atoms with Crippen LogP contribution in [0.5, 0.6) is 0 Å². The Morgan fingerprint density at radius 1 is 1.62 bits per heavy atom. The Balaban J connectivity index is 2.12. The third-order valence-electron chi connectivity index (χ3n) is 2.22. The molecule has 0 saturated carbocycles. The van der Waals surface area contributed by atoms with Gasteiger partial charge < -0.3 is 9.64 Å². The Labute approximate surface area is 85.8 Å². The van der Waals surface area contributed by atoms with E-state index in [1.54, 1.807) is 0 Å². The summed E-state index contributed by atoms with van der Waals surface area (Å²) in [7, 11) is 1.97. The molecule has 1 aliphatic rings. The van der Waals surface area contributed by atoms with Crippen LogP contribution in [-0.4, -0.2) is 35.1 Å². The van der Waals surface area contributed by atoms with E-state index in [0.29, 0.717) is 11.2 Å². The second-order valence-corrected chi connectivity index (χ2v) is 3.89. The number of hydrogen-bond acceptors (Lipinski definition) is 5. The summed E-state index contributed by atoms with van der Waals surface area (Å²) in [6.45, 7) is 1.58. The molecule has 0 amide bonds. The zero-order chi connectivity index (χ0) is 9.26. The molecule has 2 heterocycles. The van der Waals surface area contributed by atoms with Gasteiger partial charge in [0.1, 0.15) is 0 Å². The number of anilines is 1. The van der Waals surface area contributed by atoms with Crippen LogP contribution in [0.2, 0.25) is 5.15 Å². The van der Waals surface area contributed by atoms with Gasteiger partial charge in [-0.05, 0) is 6.42 Å². The van der Waals surface area contributed by atoms with Crippen molar-refractivity contribution >= 4 is 29.1 Å². The molecule has 0 radical (unpaired) electrons. The Hall–Kier alpha value is -0.390. The molecule has 1 aromatic heterocycles. The molecule has 1 saturated heterocycles. The van der Waals surface area contributed by atoms with Gasteiger partial charge in [0.2, 0.25) is 0 Å². The van der Waals surface area contributed by atoms with Crippen LogP contribution in [0.25, 0.3) is 0 Å². The van der Waals surface area contributed by atoms with Crippen LogP contribution in [0.1, 0.15) is 6.42 Å². The Kier molecular flexibility index (Phi) is 2.66. The van der Waals surface area contributed by atoms with Gasteiger partial charge >= 0.3 is 0 Å². The molecule has 1 unspecified atom stereocenters. The van der Waals surface area contributed by atoms with Crippen molar-refractivity contribution in [1.29, 1.82) is 0 Å². The molecule has 1 atom stereocenters. The third kappa shape index (κ3) is 1.77. The molecular weight excluding hydrogens is 210 g/mol. The summed E-state index contributed by atoms with van der Waals surface area (Å²) in [6, 6.07) is 0.390. The number of rotatable bonds is 2. The number of likely N-dealkylation sites (N-methyl/N-ethyl adjacent to an activating group) is 1. The van der Waals surface area contributed by atoms with E-state index in [1.807, 2.05) is 11.9 Å². The predicted octanol–water partition coefficient (Wildman–Crippen LogP) is 1.42. The lowest BCUT2D eigenvalue weighted by molar-refractivity contribution is 0.193. The van der Waals surface area contributed by atoms with Gasteiger partial charge in [0.15, 0.2) is 11.0 Å². The van der Waals surface area contributed by atoms with E-state index >= 15 is 0 Å². The van der Waals surface area contributed by atoms with Gasteiger partial charge in [0, 0.05) is 13.7 Å². The number of halogens is 1. The van der Waals surface area contributed by atoms with Gasteiger partial charge in [-0.25, -0.2) is 0 Å². The van der Waals surface area contributed by atoms with E-state index in [9.17, 15) is 0 Å². The first kappa shape index (κ1) is 9.18. The van der Waals surface area contributed by atoms with E-state index in [0.717, 1.165) is 37.2 Å². The largest absolute Gasteiger partial charge is 0.379 e. The fourth-order valence-corrected chi connectivity index (χ4v) is 2.19. The lowest BCUT2D eigenvalue weighted by Gasteiger charge is -2.22. The molecule has 0 spiro atoms. The Morgan fingerprint density at radius 3 is 3.00 bits per heavy atom. The van der Waals surface area contributed by atoms with Crippen molar-refractivity contribution in [1.82, 2.24) is 8.75 Å². The lowest BCUT2D eigenvalue weighted by Crippen LogP contribution is -2.32. The minimum absolute atomic E-state index is 0.390. The molecule has 1 aromatic rings. The maximum absolute atomic E-state index is 5.87. The zero-order valence-electron chi connectivity index (χ0n) is 7.23. The van der Waals surface area contributed by atoms with Crippen LogP contribution in [-0.2, 0) is 4.74 Å². The predicted molar refractivity (Wildman–Crippen MR) is 52.5 cm³/mol. The first-order valence-electron chi connectivity index (χ1n) is 4.07. The van der Waals surface area contributed by atoms with Crippen molar-refractivity contribution in [3.63, 3.8) is 0 Å². The van der Waals surface area contributed by atoms with E-state index in [2.05, 4.69) is 8.75 Å². The number of hydrogen-bond donors (Lipinski definition) is 0. The minimum Gasteiger partial charge on any atom is -0.379 e. The maximum atomic E-state index is 5.87. The molecule has 72 valence electrons. The summed E-state index contributed by atoms with van der Waals surface area (Å²) in [6.07, 6.45) is 1.03. The van der Waals surface area contributed by atoms with Crippen molar-refractivity contribution in [2.24, 2.45) is 0 Å². The fraction of sp³-hybridized carbons (Fsp3) is 0.714. The summed E-state index contributed by atoms with van der Waals surface area (Å²) < 4.78 is 13.3. The number of ether oxygens (including phenoxy) is 1. The fourth-order valence-electron chi connectivity index (χ4n) is 1.38. The number of nitrogens with zero attached hydrogens (tertiary/aromatic N) is 3. The molecule has 1 aliphatic heterocycles. The molecule has 2 rings (SSSR count). The van der Waals surface area contributed by atoms with E-state index in [1.165, 1.54) is 0 Å². The highest BCUT2D eigenvalue weighted by molar-refractivity contribution is 6.99. The summed E-state index contributed by atoms with van der Waals surface area (Å²) in [5.41, 5.74) is 0. The van der Waals surface area contributed by atoms with Gasteiger partial charge in [0.05, 0.1) is 24.4 Å². The molecule has 6 heteroatoms. The van der Waals surface area contributed by atoms with E-state index in [-0.39, 0.29) is 0 Å². The summed E-state index contributed by atoms with van der Waals surface area (Å²) in [5, 5.41) is 0.486. The van der Waals surface area contributed by atoms with Crippen LogP contribution in [0.4, 0.5) is 5.82 Å². The highest BCUT2D eigenvalue weighted by Crippen LogP contribution is 2.25. The van der Waals surface area contributed by atoms with Gasteiger partial charge in [0.25, 0.3) is 0 Å². The highest BCUT2D eigenvalue weighted by atomic mass is 35.5. The molecule has 1 fully saturated rings. The number of aromatic nitrogens is 2. The van der Waals surface area contributed by atoms with Crippen molar-refractivity contribution in [3.8, 4) is 0 Å². The SMILES string of the molecule is CN(c1nsnc1Cl)C1CCOC1. The highest BCUT2D eigenvalue weighted by Gasteiger charge is 2.23. The van der Waals surface area contributed by atoms with Crippen molar-refractivity contribution in [3.05, 3.63) is 5.15 Å². The van der Waals surface area contributed by atoms with Crippen LogP contribution < -0.4 is 4.90 Å². The summed E-state index contributed by atoms with van der Waals surface area (Å²) in [4.78, 5) is 2.04. The monoisotopic (exact) mass is 219 g/mol. The van der Waals surface area contributed by atoms with E-state index < -0.39 is 0 Å². The second-order valence-electron chi connectivity index (χ2n) is 3.01. The summed E-state index contributed by atoms with van der Waals surface area (Å²) in [5.74, 6) is 0.766. The quantitative estimate of drug-likeness (QED) is 0.754. The average Bonchev–Trinajstić information content (AvgIpc) is 2.72. The minimum atomic E-state index is 0.390. The van der Waals surface area contributed by atoms with Crippen LogP contribution in [0.3, 0.4) is 0 Å². The molecule has 0 aliphatic carbocycles. The molecule has 0 aromatic carbocycles. The first-order chi connectivity index (χ1) is 6.29. The zero-order valence-corrected chi connectivity index (χ0v) is 8.81. The molecule has 0 N–H and O–H groups in total. The molecule has 13 heavy (non-hydrogen) atoms. The average molecular weight is 220 g/mol. The van der Waals surface area contributed by atoms with Crippen molar-refractivity contribution in [2.75, 3.05) is 25.2 Å². The standard InChI is InChI=1S/C7H10ClN3OS/c1-11(5-2-3-12-4-5)7-6(8)9-13-10-7/h5H,2-4H2,1H3.